The average Bonchev–Trinajstić information content (AvgIpc) is 3.01. The number of rotatable bonds is 12. The Bertz CT molecular complexity index is 1300. The topological polar surface area (TPSA) is 70.2 Å². The fraction of sp³-hybridized carbons (Fsp3) is 0.444. The van der Waals surface area contributed by atoms with E-state index in [1.165, 1.54) is 27.5 Å². The van der Waals surface area contributed by atoms with E-state index in [9.17, 15) is 9.59 Å². The van der Waals surface area contributed by atoms with Crippen molar-refractivity contribution in [1.29, 1.82) is 0 Å². The molecule has 0 heterocycles. The number of carbonyl (C=O) groups excluding carboxylic acids is 2. The van der Waals surface area contributed by atoms with Gasteiger partial charge in [0.25, 0.3) is 0 Å². The first-order valence-electron chi connectivity index (χ1n) is 15.5. The zero-order valence-corrected chi connectivity index (χ0v) is 25.0. The fourth-order valence-electron chi connectivity index (χ4n) is 5.83. The van der Waals surface area contributed by atoms with E-state index in [0.717, 1.165) is 56.9 Å². The molecule has 3 aromatic carbocycles. The Hall–Kier alpha value is -3.60. The third-order valence-electron chi connectivity index (χ3n) is 8.78. The molecule has 3 amide bonds. The van der Waals surface area contributed by atoms with Crippen LogP contribution in [0.1, 0.15) is 75.5 Å². The van der Waals surface area contributed by atoms with Gasteiger partial charge in [-0.15, -0.1) is 0 Å². The molecule has 0 aromatic heterocycles. The average molecular weight is 554 g/mol. The van der Waals surface area contributed by atoms with Gasteiger partial charge in [-0.1, -0.05) is 91.7 Å². The van der Waals surface area contributed by atoms with Crippen LogP contribution in [0.15, 0.2) is 78.5 Å². The number of hydrogen-bond acceptors (Lipinski definition) is 2. The first kappa shape index (κ1) is 30.4. The number of nitrogens with one attached hydrogen (secondary N) is 3. The molecule has 1 fully saturated rings. The third-order valence-corrected chi connectivity index (χ3v) is 8.78. The Kier molecular flexibility index (Phi) is 11.4. The van der Waals surface area contributed by atoms with Crippen LogP contribution in [0.3, 0.4) is 0 Å². The summed E-state index contributed by atoms with van der Waals surface area (Å²) in [4.78, 5) is 25.3. The molecule has 41 heavy (non-hydrogen) atoms. The van der Waals surface area contributed by atoms with E-state index in [4.69, 9.17) is 0 Å². The van der Waals surface area contributed by atoms with Crippen molar-refractivity contribution >= 4 is 22.7 Å². The standard InChI is InChI=1S/C36H47N3O2/c1-4-27(3)33(13-8-12-31-11-7-10-30-9-5-6-14-34(30)31)25-39-36(41)38-24-29-19-21-32(22-20-29)35(40)37-23-28-17-15-26(2)16-18-28/h5-7,9-11,14-18,25,27,29,32H,4,8,12-13,19-24H2,1-3H3,(H,37,40)(H2,38,39,41)/b33-25+/t27-,29?,32?/m0/s1. The van der Waals surface area contributed by atoms with Crippen LogP contribution < -0.4 is 16.0 Å². The molecule has 1 atom stereocenters. The van der Waals surface area contributed by atoms with Crippen molar-refractivity contribution in [3.63, 3.8) is 0 Å². The lowest BCUT2D eigenvalue weighted by atomic mass is 9.81. The number of fused-ring (bicyclic) bond motifs is 1. The van der Waals surface area contributed by atoms with Crippen molar-refractivity contribution in [1.82, 2.24) is 16.0 Å². The van der Waals surface area contributed by atoms with Crippen LogP contribution >= 0.6 is 0 Å². The van der Waals surface area contributed by atoms with Gasteiger partial charge in [-0.2, -0.15) is 0 Å². The summed E-state index contributed by atoms with van der Waals surface area (Å²) in [6, 6.07) is 23.2. The fourth-order valence-corrected chi connectivity index (χ4v) is 5.83. The number of benzene rings is 3. The highest BCUT2D eigenvalue weighted by Crippen LogP contribution is 2.29. The number of carbonyl (C=O) groups is 2. The molecule has 0 spiro atoms. The highest BCUT2D eigenvalue weighted by Gasteiger charge is 2.26. The Morgan fingerprint density at radius 1 is 0.927 bits per heavy atom. The Balaban J connectivity index is 1.17. The molecule has 3 aromatic rings. The maximum absolute atomic E-state index is 12.7. The van der Waals surface area contributed by atoms with Crippen LogP contribution in [-0.4, -0.2) is 18.5 Å². The monoisotopic (exact) mass is 553 g/mol. The minimum atomic E-state index is -0.141. The molecule has 5 nitrogen and oxygen atoms in total. The predicted molar refractivity (Wildman–Crippen MR) is 169 cm³/mol. The van der Waals surface area contributed by atoms with E-state index >= 15 is 0 Å². The molecule has 1 saturated carbocycles. The van der Waals surface area contributed by atoms with Gasteiger partial charge in [-0.3, -0.25) is 4.79 Å². The highest BCUT2D eigenvalue weighted by molar-refractivity contribution is 5.85. The summed E-state index contributed by atoms with van der Waals surface area (Å²) in [7, 11) is 0. The van der Waals surface area contributed by atoms with E-state index in [2.05, 4.69) is 103 Å². The zero-order valence-electron chi connectivity index (χ0n) is 25.0. The van der Waals surface area contributed by atoms with Gasteiger partial charge < -0.3 is 16.0 Å². The number of amides is 3. The van der Waals surface area contributed by atoms with Crippen molar-refractivity contribution in [3.05, 3.63) is 95.2 Å². The van der Waals surface area contributed by atoms with Gasteiger partial charge >= 0.3 is 6.03 Å². The minimum absolute atomic E-state index is 0.0698. The summed E-state index contributed by atoms with van der Waals surface area (Å²) in [6.45, 7) is 7.73. The first-order valence-corrected chi connectivity index (χ1v) is 15.5. The number of allylic oxidation sites excluding steroid dienone is 1. The molecular weight excluding hydrogens is 506 g/mol. The van der Waals surface area contributed by atoms with Gasteiger partial charge in [-0.05, 0) is 92.0 Å². The predicted octanol–water partition coefficient (Wildman–Crippen LogP) is 7.82. The second kappa shape index (κ2) is 15.4. The molecule has 0 unspecified atom stereocenters. The smallest absolute Gasteiger partial charge is 0.318 e. The summed E-state index contributed by atoms with van der Waals surface area (Å²) in [5.41, 5.74) is 5.03. The Labute approximate surface area is 246 Å². The number of aryl methyl sites for hydroxylation is 2. The highest BCUT2D eigenvalue weighted by atomic mass is 16.2. The van der Waals surface area contributed by atoms with Gasteiger partial charge in [-0.25, -0.2) is 4.79 Å². The van der Waals surface area contributed by atoms with Crippen LogP contribution in [0, 0.1) is 24.7 Å². The summed E-state index contributed by atoms with van der Waals surface area (Å²) in [5, 5.41) is 11.8. The first-order chi connectivity index (χ1) is 19.9. The van der Waals surface area contributed by atoms with Crippen molar-refractivity contribution < 1.29 is 9.59 Å². The summed E-state index contributed by atoms with van der Waals surface area (Å²) < 4.78 is 0. The van der Waals surface area contributed by atoms with Crippen LogP contribution in [0.5, 0.6) is 0 Å². The molecule has 5 heteroatoms. The second-order valence-corrected chi connectivity index (χ2v) is 11.8. The number of hydrogen-bond donors (Lipinski definition) is 3. The normalized spacial score (nSPS) is 18.1. The summed E-state index contributed by atoms with van der Waals surface area (Å²) in [6.07, 6.45) is 9.70. The lowest BCUT2D eigenvalue weighted by Gasteiger charge is -2.28. The van der Waals surface area contributed by atoms with E-state index in [1.807, 2.05) is 6.20 Å². The second-order valence-electron chi connectivity index (χ2n) is 11.8. The molecule has 1 aliphatic carbocycles. The summed E-state index contributed by atoms with van der Waals surface area (Å²) >= 11 is 0. The van der Waals surface area contributed by atoms with Gasteiger partial charge in [0, 0.05) is 25.2 Å². The lowest BCUT2D eigenvalue weighted by molar-refractivity contribution is -0.126. The van der Waals surface area contributed by atoms with E-state index in [1.54, 1.807) is 0 Å². The largest absolute Gasteiger partial charge is 0.352 e. The molecule has 4 rings (SSSR count). The molecular formula is C36H47N3O2. The van der Waals surface area contributed by atoms with Gasteiger partial charge in [0.15, 0.2) is 0 Å². The quantitative estimate of drug-likeness (QED) is 0.214. The zero-order chi connectivity index (χ0) is 29.0. The lowest BCUT2D eigenvalue weighted by Crippen LogP contribution is -2.38. The van der Waals surface area contributed by atoms with E-state index in [-0.39, 0.29) is 17.9 Å². The SMILES string of the molecule is CC[C@H](C)/C(=C/NC(=O)NCC1CCC(C(=O)NCc2ccc(C)cc2)CC1)CCCc1cccc2ccccc12. The van der Waals surface area contributed by atoms with Crippen molar-refractivity contribution in [2.24, 2.45) is 17.8 Å². The van der Waals surface area contributed by atoms with Crippen molar-refractivity contribution in [2.75, 3.05) is 6.54 Å². The molecule has 1 aliphatic rings. The maximum atomic E-state index is 12.7. The molecule has 3 N–H and O–H groups in total. The maximum Gasteiger partial charge on any atom is 0.318 e. The molecule has 218 valence electrons. The summed E-state index contributed by atoms with van der Waals surface area (Å²) in [5.74, 6) is 1.06. The van der Waals surface area contributed by atoms with Crippen LogP contribution in [-0.2, 0) is 17.8 Å². The molecule has 0 saturated heterocycles. The molecule has 0 radical (unpaired) electrons. The van der Waals surface area contributed by atoms with Crippen molar-refractivity contribution in [3.8, 4) is 0 Å². The van der Waals surface area contributed by atoms with E-state index in [0.29, 0.717) is 24.9 Å². The Morgan fingerprint density at radius 3 is 2.41 bits per heavy atom. The Morgan fingerprint density at radius 2 is 1.66 bits per heavy atom. The number of urea groups is 1. The van der Waals surface area contributed by atoms with Crippen LogP contribution in [0.25, 0.3) is 10.8 Å². The third kappa shape index (κ3) is 9.21. The van der Waals surface area contributed by atoms with Crippen LogP contribution in [0.2, 0.25) is 0 Å². The van der Waals surface area contributed by atoms with Gasteiger partial charge in [0.05, 0.1) is 0 Å². The van der Waals surface area contributed by atoms with Crippen molar-refractivity contribution in [2.45, 2.75) is 78.7 Å². The molecule has 0 aliphatic heterocycles. The van der Waals surface area contributed by atoms with Gasteiger partial charge in [0.2, 0.25) is 5.91 Å². The molecule has 0 bridgehead atoms. The van der Waals surface area contributed by atoms with E-state index < -0.39 is 0 Å². The van der Waals surface area contributed by atoms with Crippen LogP contribution in [0.4, 0.5) is 4.79 Å². The minimum Gasteiger partial charge on any atom is -0.352 e. The van der Waals surface area contributed by atoms with Gasteiger partial charge in [0.1, 0.15) is 0 Å².